The Morgan fingerprint density at radius 1 is 0.825 bits per heavy atom. The van der Waals surface area contributed by atoms with E-state index in [1.54, 1.807) is 7.11 Å². The van der Waals surface area contributed by atoms with Crippen LogP contribution in [0.1, 0.15) is 5.69 Å². The molecule has 5 aromatic rings. The molecule has 0 aliphatic carbocycles. The van der Waals surface area contributed by atoms with Gasteiger partial charge >= 0.3 is 0 Å². The minimum Gasteiger partial charge on any atom is -0.497 e. The summed E-state index contributed by atoms with van der Waals surface area (Å²) in [5.74, 6) is 0.296. The predicted molar refractivity (Wildman–Crippen MR) is 153 cm³/mol. The lowest BCUT2D eigenvalue weighted by Gasteiger charge is -2.34. The highest BCUT2D eigenvalue weighted by atomic mass is 32.2. The molecule has 3 heterocycles. The van der Waals surface area contributed by atoms with Crippen molar-refractivity contribution in [1.82, 2.24) is 18.6 Å². The van der Waals surface area contributed by atoms with Crippen molar-refractivity contribution >= 4 is 15.7 Å². The molecular weight excluding hydrogens is 527 g/mol. The Morgan fingerprint density at radius 3 is 2.27 bits per heavy atom. The van der Waals surface area contributed by atoms with Crippen LogP contribution in [0.25, 0.3) is 28.0 Å². The van der Waals surface area contributed by atoms with Crippen LogP contribution >= 0.6 is 0 Å². The van der Waals surface area contributed by atoms with Crippen molar-refractivity contribution < 1.29 is 17.5 Å². The van der Waals surface area contributed by atoms with Gasteiger partial charge in [0.25, 0.3) is 0 Å². The maximum atomic E-state index is 13.3. The van der Waals surface area contributed by atoms with Crippen molar-refractivity contribution in [2.24, 2.45) is 0 Å². The van der Waals surface area contributed by atoms with Gasteiger partial charge in [0.15, 0.2) is 0 Å². The maximum absolute atomic E-state index is 13.3. The standard InChI is InChI=1S/C31H29FN4O3S/c1-39-27-9-5-8-24(20-27)31-29(36-21-25(10-15-30(36)33-31)23-6-3-2-4-7-23)22-34-16-18-35(19-17-34)40(37,38)28-13-11-26(32)12-14-28/h2-15,20-21H,16-19,22H2,1H3. The summed E-state index contributed by atoms with van der Waals surface area (Å²) in [6, 6.07) is 27.2. The third-order valence-electron chi connectivity index (χ3n) is 7.32. The molecule has 40 heavy (non-hydrogen) atoms. The van der Waals surface area contributed by atoms with Gasteiger partial charge in [-0.15, -0.1) is 0 Å². The molecule has 204 valence electrons. The van der Waals surface area contributed by atoms with Crippen LogP contribution in [0.2, 0.25) is 0 Å². The van der Waals surface area contributed by atoms with Gasteiger partial charge in [-0.3, -0.25) is 4.90 Å². The number of aromatic nitrogens is 2. The van der Waals surface area contributed by atoms with E-state index in [4.69, 9.17) is 9.72 Å². The topological polar surface area (TPSA) is 67.2 Å². The quantitative estimate of drug-likeness (QED) is 0.271. The fourth-order valence-corrected chi connectivity index (χ4v) is 6.56. The zero-order chi connectivity index (χ0) is 27.7. The molecule has 7 nitrogen and oxygen atoms in total. The highest BCUT2D eigenvalue weighted by molar-refractivity contribution is 7.89. The zero-order valence-electron chi connectivity index (χ0n) is 22.1. The first-order chi connectivity index (χ1) is 19.4. The Balaban J connectivity index is 1.32. The number of halogens is 1. The normalized spacial score (nSPS) is 14.9. The molecule has 1 fully saturated rings. The molecular formula is C31H29FN4O3S. The maximum Gasteiger partial charge on any atom is 0.243 e. The second-order valence-electron chi connectivity index (χ2n) is 9.79. The SMILES string of the molecule is COc1cccc(-c2nc3ccc(-c4ccccc4)cn3c2CN2CCN(S(=O)(=O)c3ccc(F)cc3)CC2)c1. The number of benzene rings is 3. The average Bonchev–Trinajstić information content (AvgIpc) is 3.35. The Labute approximate surface area is 233 Å². The summed E-state index contributed by atoms with van der Waals surface area (Å²) in [6.45, 7) is 2.41. The fourth-order valence-electron chi connectivity index (χ4n) is 5.14. The number of imidazole rings is 1. The Bertz CT molecular complexity index is 1750. The third-order valence-corrected chi connectivity index (χ3v) is 9.24. The van der Waals surface area contributed by atoms with E-state index in [-0.39, 0.29) is 4.90 Å². The van der Waals surface area contributed by atoms with E-state index in [1.165, 1.54) is 28.6 Å². The number of hydrogen-bond acceptors (Lipinski definition) is 5. The number of ether oxygens (including phenoxy) is 1. The molecule has 0 saturated carbocycles. The number of methoxy groups -OCH3 is 1. The van der Waals surface area contributed by atoms with Crippen LogP contribution in [-0.2, 0) is 16.6 Å². The molecule has 0 atom stereocenters. The molecule has 0 N–H and O–H groups in total. The van der Waals surface area contributed by atoms with E-state index in [9.17, 15) is 12.8 Å². The van der Waals surface area contributed by atoms with Crippen LogP contribution in [-0.4, -0.2) is 60.3 Å². The highest BCUT2D eigenvalue weighted by Gasteiger charge is 2.29. The Kier molecular flexibility index (Phi) is 7.10. The van der Waals surface area contributed by atoms with Crippen molar-refractivity contribution in [3.8, 4) is 28.1 Å². The van der Waals surface area contributed by atoms with Gasteiger partial charge in [0.05, 0.1) is 23.4 Å². The van der Waals surface area contributed by atoms with E-state index in [0.717, 1.165) is 39.5 Å². The number of rotatable bonds is 7. The average molecular weight is 557 g/mol. The molecule has 2 aromatic heterocycles. The Hall–Kier alpha value is -4.05. The van der Waals surface area contributed by atoms with Gasteiger partial charge in [0.2, 0.25) is 10.0 Å². The molecule has 9 heteroatoms. The van der Waals surface area contributed by atoms with Crippen molar-refractivity contribution in [3.05, 3.63) is 109 Å². The smallest absolute Gasteiger partial charge is 0.243 e. The fraction of sp³-hybridized carbons (Fsp3) is 0.194. The van der Waals surface area contributed by atoms with Crippen LogP contribution in [0, 0.1) is 5.82 Å². The predicted octanol–water partition coefficient (Wildman–Crippen LogP) is 5.32. The molecule has 3 aromatic carbocycles. The molecule has 0 amide bonds. The lowest BCUT2D eigenvalue weighted by molar-refractivity contribution is 0.180. The molecule has 1 aliphatic heterocycles. The summed E-state index contributed by atoms with van der Waals surface area (Å²) in [4.78, 5) is 7.36. The Morgan fingerprint density at radius 2 is 1.55 bits per heavy atom. The summed E-state index contributed by atoms with van der Waals surface area (Å²) >= 11 is 0. The van der Waals surface area contributed by atoms with Crippen molar-refractivity contribution in [1.29, 1.82) is 0 Å². The molecule has 0 radical (unpaired) electrons. The lowest BCUT2D eigenvalue weighted by atomic mass is 10.1. The first-order valence-corrected chi connectivity index (χ1v) is 14.6. The van der Waals surface area contributed by atoms with Crippen molar-refractivity contribution in [2.45, 2.75) is 11.4 Å². The van der Waals surface area contributed by atoms with Gasteiger partial charge in [0, 0.05) is 44.5 Å². The van der Waals surface area contributed by atoms with Gasteiger partial charge in [-0.25, -0.2) is 17.8 Å². The number of nitrogens with zero attached hydrogens (tertiary/aromatic N) is 4. The highest BCUT2D eigenvalue weighted by Crippen LogP contribution is 2.31. The minimum atomic E-state index is -3.69. The largest absolute Gasteiger partial charge is 0.497 e. The minimum absolute atomic E-state index is 0.109. The molecule has 1 saturated heterocycles. The van der Waals surface area contributed by atoms with E-state index < -0.39 is 15.8 Å². The first kappa shape index (κ1) is 26.2. The van der Waals surface area contributed by atoms with E-state index >= 15 is 0 Å². The number of fused-ring (bicyclic) bond motifs is 1. The summed E-state index contributed by atoms with van der Waals surface area (Å²) in [6.07, 6.45) is 2.12. The van der Waals surface area contributed by atoms with E-state index in [2.05, 4.69) is 33.7 Å². The zero-order valence-corrected chi connectivity index (χ0v) is 22.9. The monoisotopic (exact) mass is 556 g/mol. The van der Waals surface area contributed by atoms with Crippen LogP contribution in [0.3, 0.4) is 0 Å². The van der Waals surface area contributed by atoms with Crippen LogP contribution in [0.4, 0.5) is 4.39 Å². The first-order valence-electron chi connectivity index (χ1n) is 13.1. The van der Waals surface area contributed by atoms with Gasteiger partial charge < -0.3 is 9.14 Å². The van der Waals surface area contributed by atoms with Gasteiger partial charge in [-0.2, -0.15) is 4.31 Å². The van der Waals surface area contributed by atoms with Crippen LogP contribution in [0.15, 0.2) is 102 Å². The molecule has 1 aliphatic rings. The number of hydrogen-bond donors (Lipinski definition) is 0. The van der Waals surface area contributed by atoms with Gasteiger partial charge in [-0.05, 0) is 59.7 Å². The third kappa shape index (κ3) is 5.11. The molecule has 0 spiro atoms. The van der Waals surface area contributed by atoms with Gasteiger partial charge in [0.1, 0.15) is 17.2 Å². The summed E-state index contributed by atoms with van der Waals surface area (Å²) in [7, 11) is -2.04. The van der Waals surface area contributed by atoms with Gasteiger partial charge in [-0.1, -0.05) is 42.5 Å². The second-order valence-corrected chi connectivity index (χ2v) is 11.7. The van der Waals surface area contributed by atoms with E-state index in [0.29, 0.717) is 32.7 Å². The molecule has 0 unspecified atom stereocenters. The van der Waals surface area contributed by atoms with Crippen molar-refractivity contribution in [3.63, 3.8) is 0 Å². The summed E-state index contributed by atoms with van der Waals surface area (Å²) < 4.78 is 48.7. The van der Waals surface area contributed by atoms with Crippen LogP contribution < -0.4 is 4.74 Å². The number of pyridine rings is 1. The van der Waals surface area contributed by atoms with Crippen molar-refractivity contribution in [2.75, 3.05) is 33.3 Å². The lowest BCUT2D eigenvalue weighted by Crippen LogP contribution is -2.48. The second kappa shape index (κ2) is 10.8. The van der Waals surface area contributed by atoms with E-state index in [1.807, 2.05) is 48.5 Å². The summed E-state index contributed by atoms with van der Waals surface area (Å²) in [5, 5.41) is 0. The summed E-state index contributed by atoms with van der Waals surface area (Å²) in [5.41, 5.74) is 5.88. The molecule has 0 bridgehead atoms. The van der Waals surface area contributed by atoms with Crippen LogP contribution in [0.5, 0.6) is 5.75 Å². The number of sulfonamides is 1. The number of piperazine rings is 1. The molecule has 6 rings (SSSR count).